The Morgan fingerprint density at radius 1 is 0.838 bits per heavy atom. The second kappa shape index (κ2) is 19.0. The molecular weight excluding hydrogens is 474 g/mol. The van der Waals surface area contributed by atoms with Gasteiger partial charge in [0.05, 0.1) is 0 Å². The van der Waals surface area contributed by atoms with Crippen molar-refractivity contribution in [3.8, 4) is 0 Å². The van der Waals surface area contributed by atoms with Crippen LogP contribution in [0.2, 0.25) is 0 Å². The van der Waals surface area contributed by atoms with Gasteiger partial charge >= 0.3 is 5.97 Å². The summed E-state index contributed by atoms with van der Waals surface area (Å²) in [5, 5.41) is 5.10. The Kier molecular flexibility index (Phi) is 16.3. The first kappa shape index (κ1) is 31.8. The van der Waals surface area contributed by atoms with Gasteiger partial charge in [0.15, 0.2) is 0 Å². The Bertz CT molecular complexity index is 859. The van der Waals surface area contributed by atoms with E-state index in [1.54, 1.807) is 0 Å². The minimum atomic E-state index is -1.06. The van der Waals surface area contributed by atoms with Crippen molar-refractivity contribution in [1.29, 1.82) is 0 Å². The zero-order chi connectivity index (χ0) is 27.5. The summed E-state index contributed by atoms with van der Waals surface area (Å²) in [6.45, 7) is 3.76. The molecule has 9 nitrogen and oxygen atoms in total. The third-order valence-corrected chi connectivity index (χ3v) is 5.98. The monoisotopic (exact) mass is 517 g/mol. The molecule has 206 valence electrons. The van der Waals surface area contributed by atoms with E-state index in [9.17, 15) is 24.0 Å². The van der Waals surface area contributed by atoms with Gasteiger partial charge in [0, 0.05) is 25.7 Å². The number of primary amides is 1. The zero-order valence-corrected chi connectivity index (χ0v) is 22.3. The number of esters is 1. The Balaban J connectivity index is 2.26. The number of carbonyl (C=O) groups excluding carboxylic acids is 5. The lowest BCUT2D eigenvalue weighted by atomic mass is 10.0. The molecule has 0 aromatic heterocycles. The average Bonchev–Trinajstić information content (AvgIpc) is 2.87. The first-order chi connectivity index (χ1) is 17.7. The number of carbonyl (C=O) groups is 5. The van der Waals surface area contributed by atoms with Crippen LogP contribution < -0.4 is 16.4 Å². The van der Waals surface area contributed by atoms with Gasteiger partial charge in [0.1, 0.15) is 24.5 Å². The van der Waals surface area contributed by atoms with E-state index in [-0.39, 0.29) is 37.6 Å². The number of nitrogens with one attached hydrogen (secondary N) is 2. The highest BCUT2D eigenvalue weighted by molar-refractivity contribution is 5.91. The lowest BCUT2D eigenvalue weighted by molar-refractivity contribution is -0.145. The molecule has 1 rings (SSSR count). The molecule has 0 saturated carbocycles. The predicted octanol–water partition coefficient (Wildman–Crippen LogP) is 3.47. The van der Waals surface area contributed by atoms with Gasteiger partial charge in [0.2, 0.25) is 17.7 Å². The minimum absolute atomic E-state index is 0.00726. The molecule has 0 aliphatic carbocycles. The van der Waals surface area contributed by atoms with E-state index in [1.165, 1.54) is 6.92 Å². The molecule has 0 spiro atoms. The number of benzene rings is 1. The lowest BCUT2D eigenvalue weighted by Gasteiger charge is -2.19. The lowest BCUT2D eigenvalue weighted by Crippen LogP contribution is -2.52. The van der Waals surface area contributed by atoms with E-state index in [2.05, 4.69) is 17.6 Å². The van der Waals surface area contributed by atoms with Crippen LogP contribution in [0.4, 0.5) is 0 Å². The molecule has 0 heterocycles. The maximum Gasteiger partial charge on any atom is 0.306 e. The minimum Gasteiger partial charge on any atom is -0.461 e. The average molecular weight is 518 g/mol. The molecule has 0 saturated heterocycles. The van der Waals surface area contributed by atoms with Gasteiger partial charge in [-0.25, -0.2) is 0 Å². The fraction of sp³-hybridized carbons (Fsp3) is 0.607. The summed E-state index contributed by atoms with van der Waals surface area (Å²) in [6.07, 6.45) is 7.81. The summed E-state index contributed by atoms with van der Waals surface area (Å²) in [5.74, 6) is -1.86. The molecular formula is C28H43N3O6. The molecule has 3 amide bonds. The smallest absolute Gasteiger partial charge is 0.306 e. The maximum absolute atomic E-state index is 12.4. The maximum atomic E-state index is 12.4. The number of unbranched alkanes of at least 4 members (excludes halogenated alkanes) is 5. The Morgan fingerprint density at radius 3 is 2.08 bits per heavy atom. The number of nitrogens with two attached hydrogens (primary N) is 1. The molecule has 0 unspecified atom stereocenters. The van der Waals surface area contributed by atoms with Crippen LogP contribution in [0.3, 0.4) is 0 Å². The highest BCUT2D eigenvalue weighted by atomic mass is 16.5. The van der Waals surface area contributed by atoms with Crippen molar-refractivity contribution in [2.45, 2.75) is 110 Å². The van der Waals surface area contributed by atoms with E-state index in [4.69, 9.17) is 10.5 Å². The SMILES string of the molecule is CCCCCCC(=O)CCCCCC(=O)N[C@@H](C)C(=O)N[C@H](CCC(=O)OCc1ccccc1)C(N)=O. The first-order valence-electron chi connectivity index (χ1n) is 13.3. The standard InChI is InChI=1S/C28H43N3O6/c1-3-4-5-10-15-23(32)16-11-7-12-17-25(33)30-21(2)28(36)31-24(27(29)35)18-19-26(34)37-20-22-13-8-6-9-14-22/h6,8-9,13-14,21,24H,3-5,7,10-12,15-20H2,1-2H3,(H2,29,35)(H,30,33)(H,31,36)/t21-,24+/m0/s1. The predicted molar refractivity (Wildman–Crippen MR) is 141 cm³/mol. The Hall–Kier alpha value is -3.23. The fourth-order valence-electron chi connectivity index (χ4n) is 3.69. The van der Waals surface area contributed by atoms with Crippen molar-refractivity contribution in [3.63, 3.8) is 0 Å². The van der Waals surface area contributed by atoms with Crippen molar-refractivity contribution < 1.29 is 28.7 Å². The summed E-state index contributed by atoms with van der Waals surface area (Å²) >= 11 is 0. The van der Waals surface area contributed by atoms with Crippen LogP contribution in [0, 0.1) is 0 Å². The van der Waals surface area contributed by atoms with Crippen molar-refractivity contribution >= 4 is 29.5 Å². The summed E-state index contributed by atoms with van der Waals surface area (Å²) < 4.78 is 5.18. The number of hydrogen-bond donors (Lipinski definition) is 3. The van der Waals surface area contributed by atoms with Crippen molar-refractivity contribution in [1.82, 2.24) is 10.6 Å². The topological polar surface area (TPSA) is 145 Å². The van der Waals surface area contributed by atoms with Crippen LogP contribution >= 0.6 is 0 Å². The largest absolute Gasteiger partial charge is 0.461 e. The molecule has 4 N–H and O–H groups in total. The molecule has 1 aromatic carbocycles. The number of ketones is 1. The number of hydrogen-bond acceptors (Lipinski definition) is 6. The van der Waals surface area contributed by atoms with Gasteiger partial charge < -0.3 is 21.1 Å². The first-order valence-corrected chi connectivity index (χ1v) is 13.3. The van der Waals surface area contributed by atoms with Gasteiger partial charge in [-0.2, -0.15) is 0 Å². The third-order valence-electron chi connectivity index (χ3n) is 5.98. The van der Waals surface area contributed by atoms with Crippen LogP contribution in [-0.4, -0.2) is 41.6 Å². The second-order valence-corrected chi connectivity index (χ2v) is 9.35. The van der Waals surface area contributed by atoms with Gasteiger partial charge in [-0.3, -0.25) is 24.0 Å². The number of Topliss-reactive ketones (excluding diaryl/α,β-unsaturated/α-hetero) is 1. The second-order valence-electron chi connectivity index (χ2n) is 9.35. The normalized spacial score (nSPS) is 12.3. The van der Waals surface area contributed by atoms with E-state index in [0.29, 0.717) is 19.3 Å². The van der Waals surface area contributed by atoms with Gasteiger partial charge in [0.25, 0.3) is 0 Å². The van der Waals surface area contributed by atoms with Gasteiger partial charge in [-0.15, -0.1) is 0 Å². The van der Waals surface area contributed by atoms with Crippen LogP contribution in [-0.2, 0) is 35.3 Å². The molecule has 0 bridgehead atoms. The number of ether oxygens (including phenoxy) is 1. The number of rotatable bonds is 20. The van der Waals surface area contributed by atoms with Gasteiger partial charge in [-0.05, 0) is 38.2 Å². The zero-order valence-electron chi connectivity index (χ0n) is 22.3. The van der Waals surface area contributed by atoms with E-state index >= 15 is 0 Å². The van der Waals surface area contributed by atoms with Crippen LogP contribution in [0.5, 0.6) is 0 Å². The molecule has 2 atom stereocenters. The molecule has 0 radical (unpaired) electrons. The quantitative estimate of drug-likeness (QED) is 0.178. The van der Waals surface area contributed by atoms with E-state index < -0.39 is 29.9 Å². The van der Waals surface area contributed by atoms with Crippen molar-refractivity contribution in [2.24, 2.45) is 5.73 Å². The molecule has 0 aliphatic rings. The van der Waals surface area contributed by atoms with E-state index in [1.807, 2.05) is 30.3 Å². The Labute approximate surface area is 220 Å². The van der Waals surface area contributed by atoms with E-state index in [0.717, 1.165) is 44.1 Å². The summed E-state index contributed by atoms with van der Waals surface area (Å²) in [4.78, 5) is 60.2. The van der Waals surface area contributed by atoms with Gasteiger partial charge in [-0.1, -0.05) is 62.9 Å². The summed E-state index contributed by atoms with van der Waals surface area (Å²) in [6, 6.07) is 7.25. The van der Waals surface area contributed by atoms with Crippen molar-refractivity contribution in [2.75, 3.05) is 0 Å². The fourth-order valence-corrected chi connectivity index (χ4v) is 3.69. The molecule has 37 heavy (non-hydrogen) atoms. The highest BCUT2D eigenvalue weighted by Crippen LogP contribution is 2.09. The number of amides is 3. The molecule has 0 aliphatic heterocycles. The van der Waals surface area contributed by atoms with Crippen LogP contribution in [0.1, 0.15) is 96.5 Å². The molecule has 9 heteroatoms. The third kappa shape index (κ3) is 15.5. The summed E-state index contributed by atoms with van der Waals surface area (Å²) in [5.41, 5.74) is 6.22. The highest BCUT2D eigenvalue weighted by Gasteiger charge is 2.23. The molecule has 0 fully saturated rings. The van der Waals surface area contributed by atoms with Crippen LogP contribution in [0.15, 0.2) is 30.3 Å². The van der Waals surface area contributed by atoms with Crippen molar-refractivity contribution in [3.05, 3.63) is 35.9 Å². The molecule has 1 aromatic rings. The van der Waals surface area contributed by atoms with Crippen LogP contribution in [0.25, 0.3) is 0 Å². The summed E-state index contributed by atoms with van der Waals surface area (Å²) in [7, 11) is 0. The Morgan fingerprint density at radius 2 is 1.46 bits per heavy atom.